The minimum Gasteiger partial charge on any atom is -0.393 e. The Morgan fingerprint density at radius 1 is 0.574 bits per heavy atom. The van der Waals surface area contributed by atoms with E-state index in [1.165, 1.54) is 0 Å². The zero-order chi connectivity index (χ0) is 49.6. The van der Waals surface area contributed by atoms with Gasteiger partial charge in [0.15, 0.2) is 0 Å². The molecular weight excluding hydrogens is 907 g/mol. The second-order valence-electron chi connectivity index (χ2n) is 26.1. The van der Waals surface area contributed by atoms with E-state index in [1.54, 1.807) is 0 Å². The standard InChI is InChI=1S/C53H89NO12S2/c1-32(9-11-36(55)8-7-26-67(61,62)63)37-12-14-39-46-41(17-19-50(37,39)5)48(3)21-23-52(59,30-34(48)28-43(46)56)53(60)24-22-49(4)35(31-53)29-44(57)47-40-15-13-38(51(40,6)20-18-42(47)49)33(2)10-16-45(58)54-25-27-68(64,65)66/h32-35,37-44,46-47,56-57,59-60H,7-31H2,1-6H3,(H,54,58)(H,61,62,63)(H,64,65,66)/t32-,33-,34?,35?,37-,38-,39+,40+,41+,42+,43+,44+,46?,47?,48+,49+,50-,51-,52?,53?/m1/s1. The molecule has 8 saturated carbocycles. The van der Waals surface area contributed by atoms with Gasteiger partial charge in [0.25, 0.3) is 20.2 Å². The summed E-state index contributed by atoms with van der Waals surface area (Å²) in [4.78, 5) is 25.2. The summed E-state index contributed by atoms with van der Waals surface area (Å²) in [6.45, 7) is 14.1. The summed E-state index contributed by atoms with van der Waals surface area (Å²) in [5, 5.41) is 52.9. The van der Waals surface area contributed by atoms with Gasteiger partial charge in [0.2, 0.25) is 5.91 Å². The van der Waals surface area contributed by atoms with Crippen molar-refractivity contribution >= 4 is 31.9 Å². The molecule has 8 fully saturated rings. The van der Waals surface area contributed by atoms with Crippen LogP contribution in [0.2, 0.25) is 0 Å². The van der Waals surface area contributed by atoms with Gasteiger partial charge < -0.3 is 25.7 Å². The van der Waals surface area contributed by atoms with Gasteiger partial charge in [0.1, 0.15) is 5.78 Å². The number of nitrogens with one attached hydrogen (secondary N) is 1. The summed E-state index contributed by atoms with van der Waals surface area (Å²) < 4.78 is 62.5. The highest BCUT2D eigenvalue weighted by Gasteiger charge is 2.69. The van der Waals surface area contributed by atoms with Crippen LogP contribution in [-0.2, 0) is 29.8 Å². The van der Waals surface area contributed by atoms with Crippen LogP contribution in [-0.4, -0.2) is 99.5 Å². The molecule has 8 aliphatic carbocycles. The van der Waals surface area contributed by atoms with E-state index >= 15 is 0 Å². The highest BCUT2D eigenvalue weighted by molar-refractivity contribution is 7.86. The number of hydrogen-bond donors (Lipinski definition) is 7. The number of aliphatic hydroxyl groups is 4. The fraction of sp³-hybridized carbons (Fsp3) is 0.962. The number of rotatable bonds is 16. The monoisotopic (exact) mass is 996 g/mol. The first-order valence-electron chi connectivity index (χ1n) is 27.1. The minimum absolute atomic E-state index is 0.0433. The molecule has 0 saturated heterocycles. The van der Waals surface area contributed by atoms with Gasteiger partial charge in [-0.25, -0.2) is 0 Å². The molecule has 0 spiro atoms. The van der Waals surface area contributed by atoms with E-state index < -0.39 is 49.4 Å². The second kappa shape index (κ2) is 18.9. The smallest absolute Gasteiger partial charge is 0.266 e. The fourth-order valence-corrected chi connectivity index (χ4v) is 20.2. The topological polar surface area (TPSA) is 236 Å². The number of carbonyl (C=O) groups is 2. The van der Waals surface area contributed by atoms with E-state index in [-0.39, 0.29) is 88.1 Å². The van der Waals surface area contributed by atoms with Crippen molar-refractivity contribution in [2.24, 2.45) is 92.7 Å². The van der Waals surface area contributed by atoms with Gasteiger partial charge in [-0.1, -0.05) is 41.5 Å². The second-order valence-corrected chi connectivity index (χ2v) is 29.3. The van der Waals surface area contributed by atoms with E-state index in [4.69, 9.17) is 9.11 Å². The first-order chi connectivity index (χ1) is 31.6. The summed E-state index contributed by atoms with van der Waals surface area (Å²) in [5.74, 6) is 2.41. The molecule has 1 amide bonds. The molecule has 0 radical (unpaired) electrons. The molecule has 0 heterocycles. The van der Waals surface area contributed by atoms with Gasteiger partial charge >= 0.3 is 0 Å². The van der Waals surface area contributed by atoms with E-state index in [2.05, 4.69) is 46.9 Å². The van der Waals surface area contributed by atoms with Gasteiger partial charge in [-0.2, -0.15) is 16.8 Å². The molecule has 8 rings (SSSR count). The van der Waals surface area contributed by atoms with Crippen LogP contribution in [0.5, 0.6) is 0 Å². The third-order valence-corrected chi connectivity index (χ3v) is 24.6. The molecule has 0 bridgehead atoms. The molecular formula is C53H89NO12S2. The van der Waals surface area contributed by atoms with E-state index in [9.17, 15) is 46.9 Å². The summed E-state index contributed by atoms with van der Waals surface area (Å²) in [5.41, 5.74) is -2.52. The van der Waals surface area contributed by atoms with Gasteiger partial charge in [-0.3, -0.25) is 18.7 Å². The number of carbonyl (C=O) groups excluding carboxylic acids is 2. The average molecular weight is 996 g/mol. The largest absolute Gasteiger partial charge is 0.393 e. The Labute approximate surface area is 408 Å². The summed E-state index contributed by atoms with van der Waals surface area (Å²) in [6, 6.07) is 0. The summed E-state index contributed by atoms with van der Waals surface area (Å²) in [7, 11) is -8.20. The minimum atomic E-state index is -4.13. The van der Waals surface area contributed by atoms with Crippen molar-refractivity contribution in [2.45, 2.75) is 206 Å². The molecule has 0 aromatic carbocycles. The van der Waals surface area contributed by atoms with Crippen LogP contribution in [0.4, 0.5) is 0 Å². The predicted molar refractivity (Wildman–Crippen MR) is 260 cm³/mol. The highest BCUT2D eigenvalue weighted by atomic mass is 32.2. The molecule has 20 atom stereocenters. The van der Waals surface area contributed by atoms with Gasteiger partial charge in [-0.15, -0.1) is 0 Å². The SMILES string of the molecule is C[C@H](CCC(=O)CCCS(=O)(=O)O)[C@H]1CC[C@H]2C3[C@@H](O)CC4CC(O)(C5(O)CC[C@@]6(C)C(C[C@H](O)C7[C@@H]8CC[C@H]([C@H](C)CCC(=O)NCCS(=O)(=O)O)[C@@]8(C)CC[C@@H]76)C5)CC[C@]4(C)[C@H]3CC[C@]12C. The molecule has 390 valence electrons. The summed E-state index contributed by atoms with van der Waals surface area (Å²) in [6.07, 6.45) is 14.9. The Kier molecular flexibility index (Phi) is 14.8. The van der Waals surface area contributed by atoms with Gasteiger partial charge in [-0.05, 0) is 215 Å². The molecule has 0 aromatic heterocycles. The number of Topliss-reactive ketones (excluding diaryl/α,β-unsaturated/α-hetero) is 1. The zero-order valence-electron chi connectivity index (χ0n) is 42.2. The Hall–Kier alpha value is -1.20. The van der Waals surface area contributed by atoms with Crippen molar-refractivity contribution in [3.05, 3.63) is 0 Å². The van der Waals surface area contributed by atoms with Crippen LogP contribution < -0.4 is 5.32 Å². The van der Waals surface area contributed by atoms with Crippen LogP contribution in [0.1, 0.15) is 183 Å². The van der Waals surface area contributed by atoms with Crippen molar-refractivity contribution in [2.75, 3.05) is 18.1 Å². The van der Waals surface area contributed by atoms with E-state index in [0.717, 1.165) is 70.6 Å². The number of aliphatic hydroxyl groups excluding tert-OH is 2. The molecule has 0 aromatic rings. The van der Waals surface area contributed by atoms with Crippen molar-refractivity contribution < 1.29 is 56.0 Å². The quantitative estimate of drug-likeness (QED) is 0.0735. The van der Waals surface area contributed by atoms with Crippen molar-refractivity contribution in [3.63, 3.8) is 0 Å². The van der Waals surface area contributed by atoms with Crippen molar-refractivity contribution in [1.29, 1.82) is 0 Å². The van der Waals surface area contributed by atoms with E-state index in [1.807, 2.05) is 0 Å². The van der Waals surface area contributed by atoms with Crippen LogP contribution >= 0.6 is 0 Å². The molecule has 68 heavy (non-hydrogen) atoms. The first-order valence-corrected chi connectivity index (χ1v) is 30.3. The lowest BCUT2D eigenvalue weighted by molar-refractivity contribution is -0.260. The highest BCUT2D eigenvalue weighted by Crippen LogP contribution is 2.72. The van der Waals surface area contributed by atoms with Crippen LogP contribution in [0, 0.1) is 92.7 Å². The lowest BCUT2D eigenvalue weighted by atomic mass is 9.40. The third kappa shape index (κ3) is 9.60. The number of hydrogen-bond acceptors (Lipinski definition) is 10. The van der Waals surface area contributed by atoms with Crippen LogP contribution in [0.15, 0.2) is 0 Å². The Balaban J connectivity index is 0.882. The van der Waals surface area contributed by atoms with E-state index in [0.29, 0.717) is 99.2 Å². The maximum atomic E-state index is 12.9. The van der Waals surface area contributed by atoms with Crippen molar-refractivity contribution in [3.8, 4) is 0 Å². The Bertz CT molecular complexity index is 1960. The van der Waals surface area contributed by atoms with Crippen LogP contribution in [0.3, 0.4) is 0 Å². The number of fused-ring (bicyclic) bond motifs is 10. The molecule has 15 heteroatoms. The zero-order valence-corrected chi connectivity index (χ0v) is 43.8. The van der Waals surface area contributed by atoms with Gasteiger partial charge in [0, 0.05) is 25.8 Å². The fourth-order valence-electron chi connectivity index (χ4n) is 19.4. The predicted octanol–water partition coefficient (Wildman–Crippen LogP) is 7.78. The number of ketones is 1. The molecule has 13 nitrogen and oxygen atoms in total. The van der Waals surface area contributed by atoms with Crippen molar-refractivity contribution in [1.82, 2.24) is 5.32 Å². The van der Waals surface area contributed by atoms with Gasteiger partial charge in [0.05, 0.1) is 34.9 Å². The Morgan fingerprint density at radius 2 is 1.00 bits per heavy atom. The first kappa shape index (κ1) is 53.1. The number of amides is 1. The molecule has 6 unspecified atom stereocenters. The normalized spacial score (nSPS) is 47.6. The molecule has 7 N–H and O–H groups in total. The lowest BCUT2D eigenvalue weighted by Crippen LogP contribution is -2.67. The molecule has 0 aliphatic heterocycles. The maximum absolute atomic E-state index is 12.9. The average Bonchev–Trinajstić information content (AvgIpc) is 3.79. The summed E-state index contributed by atoms with van der Waals surface area (Å²) >= 11 is 0. The van der Waals surface area contributed by atoms with Crippen LogP contribution in [0.25, 0.3) is 0 Å². The molecule has 8 aliphatic rings. The third-order valence-electron chi connectivity index (χ3n) is 23.1. The maximum Gasteiger partial charge on any atom is 0.266 e. The Morgan fingerprint density at radius 3 is 1.44 bits per heavy atom. The lowest BCUT2D eigenvalue weighted by Gasteiger charge is -2.67.